The van der Waals surface area contributed by atoms with Crippen LogP contribution in [0.1, 0.15) is 15.9 Å². The Labute approximate surface area is 134 Å². The molecular formula is C19H16N2O2. The highest BCUT2D eigenvalue weighted by Crippen LogP contribution is 2.27. The number of nitrogens with two attached hydrogens (primary N) is 2. The Kier molecular flexibility index (Phi) is 3.97. The van der Waals surface area contributed by atoms with E-state index in [1.807, 2.05) is 18.2 Å². The minimum atomic E-state index is -0.133. The number of ether oxygens (including phenoxy) is 1. The summed E-state index contributed by atoms with van der Waals surface area (Å²) in [6.45, 7) is 0. The summed E-state index contributed by atoms with van der Waals surface area (Å²) in [5.41, 5.74) is 13.7. The predicted octanol–water partition coefficient (Wildman–Crippen LogP) is 3.87. The molecule has 3 aromatic carbocycles. The SMILES string of the molecule is Nc1ccc(Oc2ccc(N)c(C(=O)c3ccccc3)c2)cc1. The molecule has 0 unspecified atom stereocenters. The van der Waals surface area contributed by atoms with Gasteiger partial charge < -0.3 is 16.2 Å². The van der Waals surface area contributed by atoms with Crippen LogP contribution in [0.4, 0.5) is 11.4 Å². The quantitative estimate of drug-likeness (QED) is 0.566. The first-order valence-electron chi connectivity index (χ1n) is 7.16. The zero-order chi connectivity index (χ0) is 16.2. The third-order valence-corrected chi connectivity index (χ3v) is 3.42. The van der Waals surface area contributed by atoms with Gasteiger partial charge in [0, 0.05) is 22.5 Å². The van der Waals surface area contributed by atoms with Gasteiger partial charge in [0.05, 0.1) is 0 Å². The van der Waals surface area contributed by atoms with Gasteiger partial charge in [-0.2, -0.15) is 0 Å². The molecule has 4 heteroatoms. The highest BCUT2D eigenvalue weighted by atomic mass is 16.5. The van der Waals surface area contributed by atoms with E-state index in [0.717, 1.165) is 0 Å². The summed E-state index contributed by atoms with van der Waals surface area (Å²) >= 11 is 0. The van der Waals surface area contributed by atoms with E-state index in [9.17, 15) is 4.79 Å². The molecule has 3 rings (SSSR count). The molecule has 0 atom stereocenters. The van der Waals surface area contributed by atoms with Crippen LogP contribution >= 0.6 is 0 Å². The van der Waals surface area contributed by atoms with Gasteiger partial charge in [-0.25, -0.2) is 0 Å². The fourth-order valence-corrected chi connectivity index (χ4v) is 2.21. The van der Waals surface area contributed by atoms with Crippen LogP contribution in [0.3, 0.4) is 0 Å². The molecular weight excluding hydrogens is 288 g/mol. The summed E-state index contributed by atoms with van der Waals surface area (Å²) in [5, 5.41) is 0. The predicted molar refractivity (Wildman–Crippen MR) is 91.7 cm³/mol. The van der Waals surface area contributed by atoms with Crippen LogP contribution in [0.2, 0.25) is 0 Å². The van der Waals surface area contributed by atoms with Crippen LogP contribution in [0.25, 0.3) is 0 Å². The number of benzene rings is 3. The van der Waals surface area contributed by atoms with Gasteiger partial charge in [-0.15, -0.1) is 0 Å². The summed E-state index contributed by atoms with van der Waals surface area (Å²) in [7, 11) is 0. The first kappa shape index (κ1) is 14.7. The van der Waals surface area contributed by atoms with Gasteiger partial charge in [0.1, 0.15) is 11.5 Å². The van der Waals surface area contributed by atoms with Gasteiger partial charge >= 0.3 is 0 Å². The van der Waals surface area contributed by atoms with Crippen molar-refractivity contribution < 1.29 is 9.53 Å². The largest absolute Gasteiger partial charge is 0.457 e. The smallest absolute Gasteiger partial charge is 0.195 e. The molecule has 0 bridgehead atoms. The van der Waals surface area contributed by atoms with Crippen molar-refractivity contribution in [1.29, 1.82) is 0 Å². The van der Waals surface area contributed by atoms with Crippen molar-refractivity contribution >= 4 is 17.2 Å². The second kappa shape index (κ2) is 6.23. The molecule has 0 fully saturated rings. The number of carbonyl (C=O) groups is 1. The minimum Gasteiger partial charge on any atom is -0.457 e. The monoisotopic (exact) mass is 304 g/mol. The summed E-state index contributed by atoms with van der Waals surface area (Å²) in [6.07, 6.45) is 0. The minimum absolute atomic E-state index is 0.133. The van der Waals surface area contributed by atoms with Gasteiger partial charge in [-0.05, 0) is 42.5 Å². The van der Waals surface area contributed by atoms with Gasteiger partial charge in [0.15, 0.2) is 5.78 Å². The number of hydrogen-bond acceptors (Lipinski definition) is 4. The molecule has 0 heterocycles. The maximum atomic E-state index is 12.6. The molecule has 0 amide bonds. The molecule has 0 spiro atoms. The lowest BCUT2D eigenvalue weighted by Crippen LogP contribution is -2.05. The van der Waals surface area contributed by atoms with Gasteiger partial charge in [0.2, 0.25) is 0 Å². The Morgan fingerprint density at radius 2 is 1.43 bits per heavy atom. The average molecular weight is 304 g/mol. The molecule has 4 N–H and O–H groups in total. The maximum Gasteiger partial charge on any atom is 0.195 e. The van der Waals surface area contributed by atoms with Crippen molar-refractivity contribution in [3.63, 3.8) is 0 Å². The first-order chi connectivity index (χ1) is 11.1. The molecule has 4 nitrogen and oxygen atoms in total. The molecule has 114 valence electrons. The Bertz CT molecular complexity index is 828. The third kappa shape index (κ3) is 3.32. The van der Waals surface area contributed by atoms with Crippen LogP contribution in [0, 0.1) is 0 Å². The molecule has 0 aromatic heterocycles. The van der Waals surface area contributed by atoms with E-state index in [-0.39, 0.29) is 5.78 Å². The number of ketones is 1. The maximum absolute atomic E-state index is 12.6. The van der Waals surface area contributed by atoms with Crippen molar-refractivity contribution in [2.45, 2.75) is 0 Å². The molecule has 23 heavy (non-hydrogen) atoms. The lowest BCUT2D eigenvalue weighted by molar-refractivity contribution is 0.103. The Morgan fingerprint density at radius 1 is 0.783 bits per heavy atom. The molecule has 0 aliphatic rings. The number of hydrogen-bond donors (Lipinski definition) is 2. The molecule has 0 radical (unpaired) electrons. The second-order valence-electron chi connectivity index (χ2n) is 5.12. The Hall–Kier alpha value is -3.27. The summed E-state index contributed by atoms with van der Waals surface area (Å²) < 4.78 is 5.75. The van der Waals surface area contributed by atoms with E-state index in [1.165, 1.54) is 0 Å². The van der Waals surface area contributed by atoms with Crippen LogP contribution in [0.5, 0.6) is 11.5 Å². The van der Waals surface area contributed by atoms with Gasteiger partial charge in [-0.1, -0.05) is 30.3 Å². The number of nitrogen functional groups attached to an aromatic ring is 2. The first-order valence-corrected chi connectivity index (χ1v) is 7.16. The highest BCUT2D eigenvalue weighted by molar-refractivity contribution is 6.12. The van der Waals surface area contributed by atoms with Crippen molar-refractivity contribution in [2.24, 2.45) is 0 Å². The van der Waals surface area contributed by atoms with E-state index in [2.05, 4.69) is 0 Å². The number of rotatable bonds is 4. The highest BCUT2D eigenvalue weighted by Gasteiger charge is 2.13. The summed E-state index contributed by atoms with van der Waals surface area (Å²) in [6, 6.07) is 21.1. The fraction of sp³-hybridized carbons (Fsp3) is 0. The van der Waals surface area contributed by atoms with E-state index in [1.54, 1.807) is 54.6 Å². The second-order valence-corrected chi connectivity index (χ2v) is 5.12. The van der Waals surface area contributed by atoms with Crippen molar-refractivity contribution in [2.75, 3.05) is 11.5 Å². The van der Waals surface area contributed by atoms with E-state index >= 15 is 0 Å². The van der Waals surface area contributed by atoms with Crippen LogP contribution in [-0.4, -0.2) is 5.78 Å². The molecule has 0 saturated carbocycles. The van der Waals surface area contributed by atoms with Gasteiger partial charge in [0.25, 0.3) is 0 Å². The molecule has 0 aliphatic carbocycles. The topological polar surface area (TPSA) is 78.3 Å². The lowest BCUT2D eigenvalue weighted by Gasteiger charge is -2.10. The van der Waals surface area contributed by atoms with Gasteiger partial charge in [-0.3, -0.25) is 4.79 Å². The van der Waals surface area contributed by atoms with E-state index in [4.69, 9.17) is 16.2 Å². The summed E-state index contributed by atoms with van der Waals surface area (Å²) in [4.78, 5) is 12.6. The lowest BCUT2D eigenvalue weighted by atomic mass is 10.0. The van der Waals surface area contributed by atoms with Crippen LogP contribution < -0.4 is 16.2 Å². The van der Waals surface area contributed by atoms with E-state index < -0.39 is 0 Å². The van der Waals surface area contributed by atoms with E-state index in [0.29, 0.717) is 34.0 Å². The molecule has 0 aliphatic heterocycles. The number of carbonyl (C=O) groups excluding carboxylic acids is 1. The zero-order valence-corrected chi connectivity index (χ0v) is 12.4. The Balaban J connectivity index is 1.90. The fourth-order valence-electron chi connectivity index (χ4n) is 2.21. The molecule has 3 aromatic rings. The third-order valence-electron chi connectivity index (χ3n) is 3.42. The van der Waals surface area contributed by atoms with Crippen molar-refractivity contribution in [1.82, 2.24) is 0 Å². The standard InChI is InChI=1S/C19H16N2O2/c20-14-6-8-15(9-7-14)23-16-10-11-18(21)17(12-16)19(22)13-4-2-1-3-5-13/h1-12H,20-21H2. The zero-order valence-electron chi connectivity index (χ0n) is 12.4. The van der Waals surface area contributed by atoms with Crippen LogP contribution in [-0.2, 0) is 0 Å². The van der Waals surface area contributed by atoms with Crippen molar-refractivity contribution in [3.05, 3.63) is 83.9 Å². The normalized spacial score (nSPS) is 10.3. The Morgan fingerprint density at radius 3 is 2.13 bits per heavy atom. The van der Waals surface area contributed by atoms with Crippen LogP contribution in [0.15, 0.2) is 72.8 Å². The summed E-state index contributed by atoms with van der Waals surface area (Å²) in [5.74, 6) is 1.05. The average Bonchev–Trinajstić information content (AvgIpc) is 2.59. The number of anilines is 2. The van der Waals surface area contributed by atoms with Crippen molar-refractivity contribution in [3.8, 4) is 11.5 Å². The molecule has 0 saturated heterocycles.